The summed E-state index contributed by atoms with van der Waals surface area (Å²) in [5.41, 5.74) is 6.05. The molecule has 39 heavy (non-hydrogen) atoms. The molecule has 0 radical (unpaired) electrons. The van der Waals surface area contributed by atoms with Crippen molar-refractivity contribution in [2.45, 2.75) is 20.4 Å². The minimum Gasteiger partial charge on any atom is -0.496 e. The summed E-state index contributed by atoms with van der Waals surface area (Å²) in [6, 6.07) is 17.2. The van der Waals surface area contributed by atoms with Crippen molar-refractivity contribution in [3.8, 4) is 22.8 Å². The number of aryl methyl sites for hydroxylation is 2. The zero-order chi connectivity index (χ0) is 27.1. The van der Waals surface area contributed by atoms with E-state index in [2.05, 4.69) is 10.1 Å². The van der Waals surface area contributed by atoms with Crippen LogP contribution in [0, 0.1) is 13.8 Å². The van der Waals surface area contributed by atoms with Crippen molar-refractivity contribution in [2.24, 2.45) is 0 Å². The maximum Gasteiger partial charge on any atom is 0.230 e. The average Bonchev–Trinajstić information content (AvgIpc) is 3.51. The number of pyridine rings is 2. The second kappa shape index (κ2) is 9.68. The molecule has 0 aliphatic heterocycles. The lowest BCUT2D eigenvalue weighted by Gasteiger charge is -2.13. The van der Waals surface area contributed by atoms with Gasteiger partial charge in [-0.3, -0.25) is 9.78 Å². The Bertz CT molecular complexity index is 1820. The predicted molar refractivity (Wildman–Crippen MR) is 146 cm³/mol. The van der Waals surface area contributed by atoms with Gasteiger partial charge in [0.15, 0.2) is 5.82 Å². The molecule has 6 aromatic rings. The van der Waals surface area contributed by atoms with Gasteiger partial charge in [0.05, 0.1) is 42.7 Å². The molecule has 9 nitrogen and oxygen atoms in total. The van der Waals surface area contributed by atoms with Gasteiger partial charge in [-0.1, -0.05) is 35.5 Å². The van der Waals surface area contributed by atoms with Crippen LogP contribution in [0.1, 0.15) is 33.2 Å². The maximum absolute atomic E-state index is 13.7. The molecule has 0 amide bonds. The number of ether oxygens (including phenoxy) is 2. The van der Waals surface area contributed by atoms with Crippen LogP contribution >= 0.6 is 0 Å². The molecule has 0 bridgehead atoms. The number of carbonyl (C=O) groups excluding carboxylic acids is 1. The van der Waals surface area contributed by atoms with Gasteiger partial charge < -0.3 is 18.6 Å². The number of hydrogen-bond donors (Lipinski definition) is 0. The maximum atomic E-state index is 13.7. The number of ketones is 1. The number of benzene rings is 2. The van der Waals surface area contributed by atoms with Gasteiger partial charge in [0.25, 0.3) is 0 Å². The molecule has 0 aliphatic rings. The molecule has 0 N–H and O–H groups in total. The van der Waals surface area contributed by atoms with Gasteiger partial charge in [0.2, 0.25) is 11.7 Å². The summed E-state index contributed by atoms with van der Waals surface area (Å²) in [6.45, 7) is 4.21. The van der Waals surface area contributed by atoms with Crippen LogP contribution in [0.3, 0.4) is 0 Å². The fraction of sp³-hybridized carbons (Fsp3) is 0.167. The van der Waals surface area contributed by atoms with Crippen molar-refractivity contribution in [2.75, 3.05) is 14.2 Å². The summed E-state index contributed by atoms with van der Waals surface area (Å²) in [5, 5.41) is 4.92. The minimum atomic E-state index is -0.246. The van der Waals surface area contributed by atoms with E-state index in [1.807, 2.05) is 60.9 Å². The van der Waals surface area contributed by atoms with E-state index in [1.165, 1.54) is 13.3 Å². The van der Waals surface area contributed by atoms with Crippen LogP contribution in [0.15, 0.2) is 71.5 Å². The first-order valence-corrected chi connectivity index (χ1v) is 12.4. The topological polar surface area (TPSA) is 105 Å². The summed E-state index contributed by atoms with van der Waals surface area (Å²) >= 11 is 0. The molecule has 2 aromatic carbocycles. The SMILES string of the molecule is COc1ccc(C(=O)c2nc3cnc4cc(-c5c(C)noc5C)c(OC)cc4c3n2Cc2ccccc2)cn1. The second-order valence-electron chi connectivity index (χ2n) is 9.19. The Hall–Kier alpha value is -5.05. The molecule has 0 spiro atoms. The highest BCUT2D eigenvalue weighted by Gasteiger charge is 2.24. The number of imidazole rings is 1. The van der Waals surface area contributed by atoms with Crippen molar-refractivity contribution in [1.29, 1.82) is 0 Å². The molecule has 0 aliphatic carbocycles. The fourth-order valence-corrected chi connectivity index (χ4v) is 4.93. The van der Waals surface area contributed by atoms with Gasteiger partial charge in [-0.15, -0.1) is 0 Å². The highest BCUT2D eigenvalue weighted by Crippen LogP contribution is 2.39. The van der Waals surface area contributed by atoms with Gasteiger partial charge in [-0.2, -0.15) is 0 Å². The lowest BCUT2D eigenvalue weighted by molar-refractivity contribution is 0.102. The molecule has 4 heterocycles. The normalized spacial score (nSPS) is 11.3. The number of nitrogens with zero attached hydrogens (tertiary/aromatic N) is 5. The third-order valence-corrected chi connectivity index (χ3v) is 6.79. The molecular weight excluding hydrogens is 494 g/mol. The van der Waals surface area contributed by atoms with Crippen LogP contribution in [0.4, 0.5) is 0 Å². The van der Waals surface area contributed by atoms with Gasteiger partial charge in [-0.25, -0.2) is 9.97 Å². The van der Waals surface area contributed by atoms with Crippen molar-refractivity contribution < 1.29 is 18.8 Å². The molecule has 0 saturated heterocycles. The smallest absolute Gasteiger partial charge is 0.230 e. The molecule has 0 unspecified atom stereocenters. The Labute approximate surface area is 224 Å². The first kappa shape index (κ1) is 24.3. The third kappa shape index (κ3) is 4.17. The van der Waals surface area contributed by atoms with E-state index >= 15 is 0 Å². The van der Waals surface area contributed by atoms with E-state index in [0.717, 1.165) is 38.8 Å². The third-order valence-electron chi connectivity index (χ3n) is 6.79. The van der Waals surface area contributed by atoms with Crippen LogP contribution in [0.2, 0.25) is 0 Å². The van der Waals surface area contributed by atoms with Crippen molar-refractivity contribution >= 4 is 27.7 Å². The zero-order valence-electron chi connectivity index (χ0n) is 21.9. The summed E-state index contributed by atoms with van der Waals surface area (Å²) in [7, 11) is 3.16. The molecule has 0 saturated carbocycles. The Balaban J connectivity index is 1.60. The van der Waals surface area contributed by atoms with Crippen LogP contribution in [0.25, 0.3) is 33.1 Å². The molecule has 4 aromatic heterocycles. The monoisotopic (exact) mass is 519 g/mol. The summed E-state index contributed by atoms with van der Waals surface area (Å²) in [5.74, 6) is 1.82. The summed E-state index contributed by atoms with van der Waals surface area (Å²) in [4.78, 5) is 27.4. The average molecular weight is 520 g/mol. The van der Waals surface area contributed by atoms with E-state index in [-0.39, 0.29) is 5.78 Å². The van der Waals surface area contributed by atoms with E-state index in [4.69, 9.17) is 24.0 Å². The van der Waals surface area contributed by atoms with Crippen molar-refractivity contribution in [1.82, 2.24) is 24.7 Å². The number of aromatic nitrogens is 5. The van der Waals surface area contributed by atoms with Crippen LogP contribution in [-0.4, -0.2) is 44.7 Å². The Morgan fingerprint density at radius 2 is 1.77 bits per heavy atom. The summed E-state index contributed by atoms with van der Waals surface area (Å²) < 4.78 is 18.3. The fourth-order valence-electron chi connectivity index (χ4n) is 4.93. The molecule has 0 fully saturated rings. The predicted octanol–water partition coefficient (Wildman–Crippen LogP) is 5.55. The molecular formula is C30H25N5O4. The first-order valence-electron chi connectivity index (χ1n) is 12.4. The Morgan fingerprint density at radius 1 is 0.949 bits per heavy atom. The number of carbonyl (C=O) groups is 1. The highest BCUT2D eigenvalue weighted by atomic mass is 16.5. The van der Waals surface area contributed by atoms with Gasteiger partial charge in [0.1, 0.15) is 17.0 Å². The van der Waals surface area contributed by atoms with E-state index in [9.17, 15) is 4.79 Å². The van der Waals surface area contributed by atoms with Crippen LogP contribution in [0.5, 0.6) is 11.6 Å². The van der Waals surface area contributed by atoms with Gasteiger partial charge in [-0.05, 0) is 37.6 Å². The van der Waals surface area contributed by atoms with Crippen molar-refractivity contribution in [3.63, 3.8) is 0 Å². The van der Waals surface area contributed by atoms with Gasteiger partial charge >= 0.3 is 0 Å². The number of rotatable bonds is 7. The van der Waals surface area contributed by atoms with Crippen LogP contribution < -0.4 is 9.47 Å². The van der Waals surface area contributed by atoms with E-state index in [0.29, 0.717) is 40.8 Å². The Morgan fingerprint density at radius 3 is 2.44 bits per heavy atom. The van der Waals surface area contributed by atoms with Gasteiger partial charge in [0, 0.05) is 35.3 Å². The zero-order valence-corrected chi connectivity index (χ0v) is 21.9. The largest absolute Gasteiger partial charge is 0.496 e. The lowest BCUT2D eigenvalue weighted by Crippen LogP contribution is -2.13. The standard InChI is InChI=1S/C30H25N5O4/c1-17-27(18(2)39-34-17)22-12-23-21(13-25(22)37-3)28-24(15-31-23)33-30(35(28)16-19-8-6-5-7-9-19)29(36)20-10-11-26(38-4)32-14-20/h5-15H,16H2,1-4H3. The first-order chi connectivity index (χ1) is 19.0. The second-order valence-corrected chi connectivity index (χ2v) is 9.19. The lowest BCUT2D eigenvalue weighted by atomic mass is 10.0. The van der Waals surface area contributed by atoms with E-state index < -0.39 is 0 Å². The van der Waals surface area contributed by atoms with Crippen LogP contribution in [-0.2, 0) is 6.54 Å². The molecule has 9 heteroatoms. The summed E-state index contributed by atoms with van der Waals surface area (Å²) in [6.07, 6.45) is 3.20. The van der Waals surface area contributed by atoms with Crippen molar-refractivity contribution in [3.05, 3.63) is 95.4 Å². The Kier molecular flexibility index (Phi) is 6.03. The minimum absolute atomic E-state index is 0.246. The molecule has 194 valence electrons. The molecule has 0 atom stereocenters. The quantitative estimate of drug-likeness (QED) is 0.253. The van der Waals surface area contributed by atoms with E-state index in [1.54, 1.807) is 25.4 Å². The molecule has 6 rings (SSSR count). The number of methoxy groups -OCH3 is 2. The number of fused-ring (bicyclic) bond motifs is 3. The number of hydrogen-bond acceptors (Lipinski definition) is 8. The highest BCUT2D eigenvalue weighted by molar-refractivity contribution is 6.11.